The molecule has 1 aromatic carbocycles. The second-order valence-electron chi connectivity index (χ2n) is 3.54. The van der Waals surface area contributed by atoms with Crippen LogP contribution in [0.4, 0.5) is 0 Å². The highest BCUT2D eigenvalue weighted by molar-refractivity contribution is 9.10. The number of aliphatic hydroxyl groups is 1. The van der Waals surface area contributed by atoms with E-state index in [0.29, 0.717) is 22.6 Å². The predicted molar refractivity (Wildman–Crippen MR) is 69.1 cm³/mol. The number of aromatic nitrogens is 1. The van der Waals surface area contributed by atoms with Gasteiger partial charge in [0.1, 0.15) is 17.6 Å². The molecule has 0 saturated carbocycles. The molecule has 2 rings (SSSR count). The zero-order chi connectivity index (χ0) is 13.0. The maximum Gasteiger partial charge on any atom is 0.146 e. The summed E-state index contributed by atoms with van der Waals surface area (Å²) in [4.78, 5) is 3.97. The zero-order valence-electron chi connectivity index (χ0n) is 9.30. The molecule has 1 N–H and O–H groups in total. The molecule has 0 aliphatic heterocycles. The van der Waals surface area contributed by atoms with Gasteiger partial charge in [-0.3, -0.25) is 4.98 Å². The van der Waals surface area contributed by atoms with Crippen LogP contribution in [-0.4, -0.2) is 10.1 Å². The molecular weight excluding hydrogens is 296 g/mol. The number of hydrogen-bond acceptors (Lipinski definition) is 4. The highest BCUT2D eigenvalue weighted by Crippen LogP contribution is 2.27. The van der Waals surface area contributed by atoms with Crippen molar-refractivity contribution in [2.24, 2.45) is 0 Å². The van der Waals surface area contributed by atoms with Gasteiger partial charge in [0.15, 0.2) is 0 Å². The second kappa shape index (κ2) is 5.63. The Morgan fingerprint density at radius 2 is 2.17 bits per heavy atom. The monoisotopic (exact) mass is 304 g/mol. The van der Waals surface area contributed by atoms with Gasteiger partial charge in [-0.05, 0) is 39.7 Å². The van der Waals surface area contributed by atoms with Crippen LogP contribution in [0.1, 0.15) is 11.1 Å². The summed E-state index contributed by atoms with van der Waals surface area (Å²) in [6, 6.07) is 8.76. The van der Waals surface area contributed by atoms with Crippen molar-refractivity contribution in [3.8, 4) is 17.6 Å². The molecule has 0 atom stereocenters. The molecule has 4 nitrogen and oxygen atoms in total. The van der Waals surface area contributed by atoms with Crippen LogP contribution in [0, 0.1) is 11.3 Å². The number of nitriles is 1. The van der Waals surface area contributed by atoms with Crippen molar-refractivity contribution in [1.29, 1.82) is 5.26 Å². The van der Waals surface area contributed by atoms with Crippen molar-refractivity contribution in [2.45, 2.75) is 6.61 Å². The molecule has 0 aliphatic rings. The summed E-state index contributed by atoms with van der Waals surface area (Å²) in [5.74, 6) is 0.979. The van der Waals surface area contributed by atoms with Crippen LogP contribution >= 0.6 is 15.9 Å². The first-order valence-electron chi connectivity index (χ1n) is 5.15. The standard InChI is InChI=1S/C13H9BrN2O2/c14-11-4-12(7-16-6-11)18-13-2-1-9(8-17)3-10(13)5-15/h1-4,6-7,17H,8H2. The van der Waals surface area contributed by atoms with Crippen molar-refractivity contribution in [3.63, 3.8) is 0 Å². The van der Waals surface area contributed by atoms with Crippen molar-refractivity contribution in [1.82, 2.24) is 4.98 Å². The van der Waals surface area contributed by atoms with Gasteiger partial charge in [0.25, 0.3) is 0 Å². The summed E-state index contributed by atoms with van der Waals surface area (Å²) >= 11 is 3.29. The fourth-order valence-electron chi connectivity index (χ4n) is 1.43. The molecule has 0 aliphatic carbocycles. The lowest BCUT2D eigenvalue weighted by Crippen LogP contribution is -1.91. The molecule has 1 aromatic heterocycles. The Balaban J connectivity index is 2.32. The number of pyridine rings is 1. The Morgan fingerprint density at radius 3 is 2.83 bits per heavy atom. The molecule has 2 aromatic rings. The number of benzene rings is 1. The number of hydrogen-bond donors (Lipinski definition) is 1. The van der Waals surface area contributed by atoms with E-state index in [1.54, 1.807) is 36.7 Å². The molecule has 18 heavy (non-hydrogen) atoms. The largest absolute Gasteiger partial charge is 0.454 e. The molecule has 0 amide bonds. The van der Waals surface area contributed by atoms with Crippen LogP contribution in [-0.2, 0) is 6.61 Å². The van der Waals surface area contributed by atoms with Gasteiger partial charge in [-0.25, -0.2) is 0 Å². The van der Waals surface area contributed by atoms with Gasteiger partial charge in [-0.15, -0.1) is 0 Å². The van der Waals surface area contributed by atoms with Crippen LogP contribution in [0.2, 0.25) is 0 Å². The summed E-state index contributed by atoms with van der Waals surface area (Å²) in [6.45, 7) is -0.104. The third-order valence-corrected chi connectivity index (χ3v) is 2.69. The van der Waals surface area contributed by atoms with E-state index in [0.717, 1.165) is 4.47 Å². The molecule has 0 bridgehead atoms. The van der Waals surface area contributed by atoms with Gasteiger partial charge in [-0.1, -0.05) is 6.07 Å². The quantitative estimate of drug-likeness (QED) is 0.946. The SMILES string of the molecule is N#Cc1cc(CO)ccc1Oc1cncc(Br)c1. The number of ether oxygens (including phenoxy) is 1. The van der Waals surface area contributed by atoms with Crippen molar-refractivity contribution in [3.05, 3.63) is 52.3 Å². The molecular formula is C13H9BrN2O2. The Labute approximate surface area is 113 Å². The summed E-state index contributed by atoms with van der Waals surface area (Å²) in [5.41, 5.74) is 1.05. The molecule has 0 saturated heterocycles. The molecule has 1 heterocycles. The molecule has 5 heteroatoms. The Hall–Kier alpha value is -1.90. The number of nitrogens with zero attached hydrogens (tertiary/aromatic N) is 2. The Morgan fingerprint density at radius 1 is 1.33 bits per heavy atom. The fourth-order valence-corrected chi connectivity index (χ4v) is 1.77. The van der Waals surface area contributed by atoms with Crippen LogP contribution in [0.15, 0.2) is 41.1 Å². The first-order valence-corrected chi connectivity index (χ1v) is 5.94. The molecule has 0 spiro atoms. The van der Waals surface area contributed by atoms with Crippen LogP contribution in [0.25, 0.3) is 0 Å². The minimum atomic E-state index is -0.104. The van der Waals surface area contributed by atoms with Gasteiger partial charge in [0, 0.05) is 10.7 Å². The average molecular weight is 305 g/mol. The molecule has 0 fully saturated rings. The van der Waals surface area contributed by atoms with E-state index in [1.807, 2.05) is 6.07 Å². The maximum atomic E-state index is 9.03. The van der Waals surface area contributed by atoms with Crippen LogP contribution in [0.3, 0.4) is 0 Å². The van der Waals surface area contributed by atoms with Gasteiger partial charge < -0.3 is 9.84 Å². The van der Waals surface area contributed by atoms with Crippen LogP contribution < -0.4 is 4.74 Å². The topological polar surface area (TPSA) is 66.1 Å². The van der Waals surface area contributed by atoms with E-state index < -0.39 is 0 Å². The van der Waals surface area contributed by atoms with Crippen molar-refractivity contribution < 1.29 is 9.84 Å². The molecule has 0 radical (unpaired) electrons. The van der Waals surface area contributed by atoms with E-state index in [1.165, 1.54) is 0 Å². The minimum Gasteiger partial charge on any atom is -0.454 e. The van der Waals surface area contributed by atoms with Crippen molar-refractivity contribution >= 4 is 15.9 Å². The summed E-state index contributed by atoms with van der Waals surface area (Å²) in [7, 11) is 0. The zero-order valence-corrected chi connectivity index (χ0v) is 10.9. The predicted octanol–water partition coefficient (Wildman–Crippen LogP) is 3.00. The van der Waals surface area contributed by atoms with Gasteiger partial charge in [-0.2, -0.15) is 5.26 Å². The van der Waals surface area contributed by atoms with E-state index in [9.17, 15) is 0 Å². The third-order valence-electron chi connectivity index (χ3n) is 2.25. The lowest BCUT2D eigenvalue weighted by atomic mass is 10.1. The Kier molecular flexibility index (Phi) is 3.92. The average Bonchev–Trinajstić information content (AvgIpc) is 2.39. The van der Waals surface area contributed by atoms with E-state index in [4.69, 9.17) is 15.1 Å². The molecule has 90 valence electrons. The second-order valence-corrected chi connectivity index (χ2v) is 4.46. The summed E-state index contributed by atoms with van der Waals surface area (Å²) < 4.78 is 6.38. The van der Waals surface area contributed by atoms with Crippen LogP contribution in [0.5, 0.6) is 11.5 Å². The number of aliphatic hydroxyl groups excluding tert-OH is 1. The maximum absolute atomic E-state index is 9.03. The lowest BCUT2D eigenvalue weighted by Gasteiger charge is -2.08. The van der Waals surface area contributed by atoms with Gasteiger partial charge >= 0.3 is 0 Å². The van der Waals surface area contributed by atoms with Crippen molar-refractivity contribution in [2.75, 3.05) is 0 Å². The number of rotatable bonds is 3. The van der Waals surface area contributed by atoms with E-state index in [-0.39, 0.29) is 6.61 Å². The fraction of sp³-hybridized carbons (Fsp3) is 0.0769. The smallest absolute Gasteiger partial charge is 0.146 e. The molecule has 0 unspecified atom stereocenters. The van der Waals surface area contributed by atoms with Gasteiger partial charge in [0.05, 0.1) is 18.4 Å². The first kappa shape index (κ1) is 12.6. The highest BCUT2D eigenvalue weighted by Gasteiger charge is 2.06. The normalized spacial score (nSPS) is 9.83. The Bertz CT molecular complexity index is 608. The number of halogens is 1. The highest BCUT2D eigenvalue weighted by atomic mass is 79.9. The lowest BCUT2D eigenvalue weighted by molar-refractivity contribution is 0.281. The van der Waals surface area contributed by atoms with E-state index >= 15 is 0 Å². The summed E-state index contributed by atoms with van der Waals surface area (Å²) in [6.07, 6.45) is 3.21. The van der Waals surface area contributed by atoms with Gasteiger partial charge in [0.2, 0.25) is 0 Å². The third kappa shape index (κ3) is 2.86. The minimum absolute atomic E-state index is 0.104. The van der Waals surface area contributed by atoms with E-state index in [2.05, 4.69) is 20.9 Å². The summed E-state index contributed by atoms with van der Waals surface area (Å²) in [5, 5.41) is 18.0. The first-order chi connectivity index (χ1) is 8.72.